The Bertz CT molecular complexity index is 1010. The summed E-state index contributed by atoms with van der Waals surface area (Å²) >= 11 is 0. The minimum absolute atomic E-state index is 0.121. The van der Waals surface area contributed by atoms with Gasteiger partial charge in [-0.3, -0.25) is 20.4 Å². The lowest BCUT2D eigenvalue weighted by atomic mass is 10.1. The van der Waals surface area contributed by atoms with Crippen LogP contribution in [0.3, 0.4) is 0 Å². The van der Waals surface area contributed by atoms with Crippen LogP contribution in [0.5, 0.6) is 17.2 Å². The van der Waals surface area contributed by atoms with Gasteiger partial charge in [0.1, 0.15) is 0 Å². The average Bonchev–Trinajstić information content (AvgIpc) is 2.75. The van der Waals surface area contributed by atoms with Gasteiger partial charge in [-0.15, -0.1) is 0 Å². The maximum Gasteiger partial charge on any atom is 0.269 e. The summed E-state index contributed by atoms with van der Waals surface area (Å²) in [6.07, 6.45) is 0. The van der Waals surface area contributed by atoms with Crippen LogP contribution in [0.25, 0.3) is 0 Å². The third kappa shape index (κ3) is 4.82. The van der Waals surface area contributed by atoms with Gasteiger partial charge < -0.3 is 14.2 Å². The Labute approximate surface area is 175 Å². The molecule has 0 aliphatic rings. The Balaban J connectivity index is 2.12. The van der Waals surface area contributed by atoms with E-state index in [0.717, 1.165) is 0 Å². The van der Waals surface area contributed by atoms with Crippen molar-refractivity contribution in [1.29, 1.82) is 0 Å². The maximum absolute atomic E-state index is 12.4. The molecule has 0 bridgehead atoms. The summed E-state index contributed by atoms with van der Waals surface area (Å²) in [7, 11) is 0.848. The van der Waals surface area contributed by atoms with Crippen LogP contribution >= 0.6 is 0 Å². The fourth-order valence-corrected chi connectivity index (χ4v) is 3.60. The van der Waals surface area contributed by atoms with Crippen molar-refractivity contribution < 1.29 is 32.2 Å². The van der Waals surface area contributed by atoms with E-state index in [0.29, 0.717) is 5.75 Å². The Kier molecular flexibility index (Phi) is 7.28. The lowest BCUT2D eigenvalue weighted by Crippen LogP contribution is -2.41. The molecule has 0 fully saturated rings. The quantitative estimate of drug-likeness (QED) is 0.637. The number of benzene rings is 2. The van der Waals surface area contributed by atoms with E-state index < -0.39 is 26.9 Å². The number of nitrogens with one attached hydrogen (secondary N) is 2. The molecule has 30 heavy (non-hydrogen) atoms. The van der Waals surface area contributed by atoms with Crippen LogP contribution in [-0.2, 0) is 9.84 Å². The fraction of sp³-hybridized carbons (Fsp3) is 0.300. The summed E-state index contributed by atoms with van der Waals surface area (Å²) in [6, 6.07) is 8.33. The van der Waals surface area contributed by atoms with Crippen LogP contribution in [0.1, 0.15) is 34.6 Å². The van der Waals surface area contributed by atoms with E-state index in [2.05, 4.69) is 10.9 Å². The highest BCUT2D eigenvalue weighted by Crippen LogP contribution is 2.38. The number of sulfone groups is 1. The Morgan fingerprint density at radius 1 is 0.800 bits per heavy atom. The van der Waals surface area contributed by atoms with E-state index in [1.54, 1.807) is 13.8 Å². The fourth-order valence-electron chi connectivity index (χ4n) is 2.54. The van der Waals surface area contributed by atoms with Crippen LogP contribution in [0.15, 0.2) is 41.3 Å². The van der Waals surface area contributed by atoms with Crippen molar-refractivity contribution >= 4 is 21.7 Å². The van der Waals surface area contributed by atoms with Crippen molar-refractivity contribution in [3.8, 4) is 17.2 Å². The zero-order valence-corrected chi connectivity index (χ0v) is 18.1. The Hall–Kier alpha value is -3.27. The van der Waals surface area contributed by atoms with Crippen LogP contribution in [-0.4, -0.2) is 46.8 Å². The maximum atomic E-state index is 12.4. The summed E-state index contributed by atoms with van der Waals surface area (Å²) in [4.78, 5) is 24.8. The van der Waals surface area contributed by atoms with E-state index >= 15 is 0 Å². The van der Waals surface area contributed by atoms with Gasteiger partial charge in [-0.2, -0.15) is 0 Å². The largest absolute Gasteiger partial charge is 0.493 e. The predicted octanol–water partition coefficient (Wildman–Crippen LogP) is 1.97. The monoisotopic (exact) mass is 436 g/mol. The number of ether oxygens (including phenoxy) is 3. The summed E-state index contributed by atoms with van der Waals surface area (Å²) in [5.74, 6) is -0.312. The lowest BCUT2D eigenvalue weighted by Gasteiger charge is -2.14. The Morgan fingerprint density at radius 2 is 1.27 bits per heavy atom. The smallest absolute Gasteiger partial charge is 0.269 e. The Morgan fingerprint density at radius 3 is 1.67 bits per heavy atom. The van der Waals surface area contributed by atoms with Gasteiger partial charge in [0.05, 0.1) is 31.5 Å². The molecular weight excluding hydrogens is 412 g/mol. The van der Waals surface area contributed by atoms with E-state index in [4.69, 9.17) is 14.2 Å². The molecule has 162 valence electrons. The molecule has 2 amide bonds. The molecule has 0 unspecified atom stereocenters. The molecular formula is C20H24N2O7S. The van der Waals surface area contributed by atoms with Gasteiger partial charge in [-0.1, -0.05) is 0 Å². The van der Waals surface area contributed by atoms with Crippen LogP contribution in [0.2, 0.25) is 0 Å². The van der Waals surface area contributed by atoms with Crippen molar-refractivity contribution in [2.24, 2.45) is 0 Å². The number of hydrogen-bond acceptors (Lipinski definition) is 7. The molecule has 2 rings (SSSR count). The van der Waals surface area contributed by atoms with Gasteiger partial charge in [0.2, 0.25) is 5.75 Å². The minimum Gasteiger partial charge on any atom is -0.493 e. The number of methoxy groups -OCH3 is 3. The summed E-state index contributed by atoms with van der Waals surface area (Å²) in [5.41, 5.74) is 4.93. The summed E-state index contributed by atoms with van der Waals surface area (Å²) < 4.78 is 39.9. The number of rotatable bonds is 7. The molecule has 0 spiro atoms. The van der Waals surface area contributed by atoms with Crippen LogP contribution in [0, 0.1) is 0 Å². The highest BCUT2D eigenvalue weighted by Gasteiger charge is 2.20. The second-order valence-electron chi connectivity index (χ2n) is 6.44. The SMILES string of the molecule is COc1cc(C(=O)NNC(=O)c2ccc(S(=O)(=O)C(C)C)cc2)cc(OC)c1OC. The standard InChI is InChI=1S/C20H24N2O7S/c1-12(2)30(25,26)15-8-6-13(7-9-15)19(23)21-22-20(24)14-10-16(27-3)18(29-5)17(11-14)28-4/h6-12H,1-5H3,(H,21,23)(H,22,24). The van der Waals surface area contributed by atoms with Gasteiger partial charge in [0.15, 0.2) is 21.3 Å². The molecule has 9 nitrogen and oxygen atoms in total. The number of carbonyl (C=O) groups is 2. The molecule has 0 atom stereocenters. The van der Waals surface area contributed by atoms with Crippen molar-refractivity contribution in [2.45, 2.75) is 24.0 Å². The van der Waals surface area contributed by atoms with Crippen LogP contribution < -0.4 is 25.1 Å². The molecule has 0 aliphatic carbocycles. The zero-order chi connectivity index (χ0) is 22.5. The van der Waals surface area contributed by atoms with Crippen molar-refractivity contribution in [1.82, 2.24) is 10.9 Å². The van der Waals surface area contributed by atoms with Gasteiger partial charge in [0.25, 0.3) is 11.8 Å². The first-order valence-corrected chi connectivity index (χ1v) is 10.4. The molecule has 0 heterocycles. The molecule has 10 heteroatoms. The minimum atomic E-state index is -3.44. The topological polar surface area (TPSA) is 120 Å². The van der Waals surface area contributed by atoms with Gasteiger partial charge >= 0.3 is 0 Å². The second-order valence-corrected chi connectivity index (χ2v) is 8.94. The van der Waals surface area contributed by atoms with E-state index in [-0.39, 0.29) is 27.5 Å². The summed E-state index contributed by atoms with van der Waals surface area (Å²) in [6.45, 7) is 3.16. The summed E-state index contributed by atoms with van der Waals surface area (Å²) in [5, 5.41) is -0.574. The number of carbonyl (C=O) groups excluding carboxylic acids is 2. The van der Waals surface area contributed by atoms with Crippen molar-refractivity contribution in [3.63, 3.8) is 0 Å². The lowest BCUT2D eigenvalue weighted by molar-refractivity contribution is 0.0846. The van der Waals surface area contributed by atoms with Gasteiger partial charge in [0, 0.05) is 11.1 Å². The molecule has 2 aromatic rings. The molecule has 2 N–H and O–H groups in total. The molecule has 0 saturated carbocycles. The molecule has 0 radical (unpaired) electrons. The third-order valence-electron chi connectivity index (χ3n) is 4.28. The highest BCUT2D eigenvalue weighted by atomic mass is 32.2. The van der Waals surface area contributed by atoms with Gasteiger partial charge in [-0.25, -0.2) is 8.42 Å². The van der Waals surface area contributed by atoms with Gasteiger partial charge in [-0.05, 0) is 50.2 Å². The van der Waals surface area contributed by atoms with E-state index in [1.165, 1.54) is 57.7 Å². The predicted molar refractivity (Wildman–Crippen MR) is 110 cm³/mol. The number of amides is 2. The zero-order valence-electron chi connectivity index (χ0n) is 17.3. The number of hydrogen-bond donors (Lipinski definition) is 2. The average molecular weight is 436 g/mol. The molecule has 0 aromatic heterocycles. The van der Waals surface area contributed by atoms with Crippen molar-refractivity contribution in [2.75, 3.05) is 21.3 Å². The van der Waals surface area contributed by atoms with E-state index in [1.807, 2.05) is 0 Å². The molecule has 0 saturated heterocycles. The third-order valence-corrected chi connectivity index (χ3v) is 6.45. The highest BCUT2D eigenvalue weighted by molar-refractivity contribution is 7.92. The second kappa shape index (κ2) is 9.49. The van der Waals surface area contributed by atoms with Crippen LogP contribution in [0.4, 0.5) is 0 Å². The normalized spacial score (nSPS) is 11.0. The molecule has 0 aliphatic heterocycles. The first kappa shape index (κ1) is 23.0. The van der Waals surface area contributed by atoms with E-state index in [9.17, 15) is 18.0 Å². The first-order valence-electron chi connectivity index (χ1n) is 8.90. The first-order chi connectivity index (χ1) is 14.1. The van der Waals surface area contributed by atoms with Crippen molar-refractivity contribution in [3.05, 3.63) is 47.5 Å². The number of hydrazine groups is 1. The molecule has 2 aromatic carbocycles.